The summed E-state index contributed by atoms with van der Waals surface area (Å²) in [6.07, 6.45) is 0.692. The molecular weight excluding hydrogens is 321 g/mol. The zero-order chi connectivity index (χ0) is 15.7. The van der Waals surface area contributed by atoms with Crippen LogP contribution in [0.4, 0.5) is 0 Å². The number of halogens is 2. The predicted octanol–water partition coefficient (Wildman–Crippen LogP) is 5.89. The van der Waals surface area contributed by atoms with Gasteiger partial charge < -0.3 is 4.74 Å². The zero-order valence-electron chi connectivity index (χ0n) is 11.8. The Kier molecular flexibility index (Phi) is 4.16. The molecule has 2 aromatic carbocycles. The number of nitrogens with zero attached hydrogens (tertiary/aromatic N) is 3. The van der Waals surface area contributed by atoms with Gasteiger partial charge in [-0.05, 0) is 41.3 Å². The van der Waals surface area contributed by atoms with Gasteiger partial charge in [-0.15, -0.1) is 0 Å². The Morgan fingerprint density at radius 1 is 1.23 bits per heavy atom. The van der Waals surface area contributed by atoms with Gasteiger partial charge in [-0.1, -0.05) is 46.5 Å². The molecule has 112 valence electrons. The normalized spacial score (nSPS) is 19.4. The van der Waals surface area contributed by atoms with Crippen molar-refractivity contribution in [1.29, 1.82) is 0 Å². The lowest BCUT2D eigenvalue weighted by atomic mass is 9.93. The van der Waals surface area contributed by atoms with Crippen LogP contribution in [0.3, 0.4) is 0 Å². The van der Waals surface area contributed by atoms with E-state index in [4.69, 9.17) is 33.5 Å². The first-order valence-corrected chi connectivity index (χ1v) is 7.57. The number of hydrogen-bond donors (Lipinski definition) is 0. The molecule has 0 aromatic heterocycles. The number of hydrogen-bond acceptors (Lipinski definition) is 2. The third-order valence-corrected chi connectivity index (χ3v) is 4.76. The van der Waals surface area contributed by atoms with E-state index in [1.54, 1.807) is 13.2 Å². The second-order valence-electron chi connectivity index (χ2n) is 5.15. The van der Waals surface area contributed by atoms with Crippen LogP contribution in [-0.2, 0) is 0 Å². The second kappa shape index (κ2) is 6.09. The first-order chi connectivity index (χ1) is 10.7. The van der Waals surface area contributed by atoms with Crippen LogP contribution in [0.5, 0.6) is 5.75 Å². The molecule has 0 aliphatic heterocycles. The fourth-order valence-corrected chi connectivity index (χ4v) is 3.39. The van der Waals surface area contributed by atoms with Crippen LogP contribution in [0.15, 0.2) is 41.5 Å². The Bertz CT molecular complexity index is 772. The van der Waals surface area contributed by atoms with E-state index >= 15 is 0 Å². The molecular formula is C16H13Cl2N3O. The lowest BCUT2D eigenvalue weighted by molar-refractivity contribution is 0.407. The molecule has 1 aliphatic carbocycles. The molecule has 0 unspecified atom stereocenters. The van der Waals surface area contributed by atoms with Crippen LogP contribution in [-0.4, -0.2) is 7.11 Å². The summed E-state index contributed by atoms with van der Waals surface area (Å²) in [5, 5.41) is 4.98. The van der Waals surface area contributed by atoms with Crippen LogP contribution in [0, 0.1) is 0 Å². The lowest BCUT2D eigenvalue weighted by Crippen LogP contribution is -1.96. The van der Waals surface area contributed by atoms with E-state index in [2.05, 4.69) is 10.0 Å². The SMILES string of the molecule is COc1cccc2c1[C@H](N=[N+]=[N-])C[C@H]2c1ccc(Cl)c(Cl)c1. The van der Waals surface area contributed by atoms with Crippen LogP contribution in [0.25, 0.3) is 10.4 Å². The van der Waals surface area contributed by atoms with Crippen LogP contribution >= 0.6 is 23.2 Å². The first kappa shape index (κ1) is 15.0. The van der Waals surface area contributed by atoms with Gasteiger partial charge in [-0.25, -0.2) is 0 Å². The molecule has 4 nitrogen and oxygen atoms in total. The molecule has 0 bridgehead atoms. The summed E-state index contributed by atoms with van der Waals surface area (Å²) in [7, 11) is 1.62. The predicted molar refractivity (Wildman–Crippen MR) is 87.8 cm³/mol. The molecule has 3 rings (SSSR count). The third kappa shape index (κ3) is 2.50. The number of azide groups is 1. The monoisotopic (exact) mass is 333 g/mol. The molecule has 2 aromatic rings. The minimum absolute atomic E-state index is 0.107. The number of fused-ring (bicyclic) bond motifs is 1. The fraction of sp³-hybridized carbons (Fsp3) is 0.250. The van der Waals surface area contributed by atoms with Crippen LogP contribution in [0.2, 0.25) is 10.0 Å². The molecule has 0 amide bonds. The molecule has 0 saturated heterocycles. The summed E-state index contributed by atoms with van der Waals surface area (Å²) in [5.74, 6) is 0.854. The van der Waals surface area contributed by atoms with E-state index < -0.39 is 0 Å². The van der Waals surface area contributed by atoms with Gasteiger partial charge in [-0.3, -0.25) is 0 Å². The Labute approximate surface area is 138 Å². The highest BCUT2D eigenvalue weighted by atomic mass is 35.5. The molecule has 0 radical (unpaired) electrons. The van der Waals surface area contributed by atoms with Crippen molar-refractivity contribution >= 4 is 23.2 Å². The highest BCUT2D eigenvalue weighted by Crippen LogP contribution is 2.50. The molecule has 0 fully saturated rings. The highest BCUT2D eigenvalue weighted by Gasteiger charge is 2.34. The summed E-state index contributed by atoms with van der Waals surface area (Å²) in [6.45, 7) is 0. The Morgan fingerprint density at radius 3 is 2.73 bits per heavy atom. The van der Waals surface area contributed by atoms with Gasteiger partial charge in [0.05, 0.1) is 23.2 Å². The van der Waals surface area contributed by atoms with E-state index in [0.29, 0.717) is 16.5 Å². The van der Waals surface area contributed by atoms with Crippen molar-refractivity contribution in [3.63, 3.8) is 0 Å². The number of rotatable bonds is 3. The minimum Gasteiger partial charge on any atom is -0.496 e. The minimum atomic E-state index is -0.240. The van der Waals surface area contributed by atoms with E-state index in [0.717, 1.165) is 22.4 Å². The van der Waals surface area contributed by atoms with Crippen molar-refractivity contribution < 1.29 is 4.74 Å². The Hall–Kier alpha value is -1.87. The smallest absolute Gasteiger partial charge is 0.122 e. The highest BCUT2D eigenvalue weighted by molar-refractivity contribution is 6.42. The van der Waals surface area contributed by atoms with Crippen LogP contribution in [0.1, 0.15) is 35.1 Å². The largest absolute Gasteiger partial charge is 0.496 e. The van der Waals surface area contributed by atoms with Crippen LogP contribution < -0.4 is 4.74 Å². The summed E-state index contributed by atoms with van der Waals surface area (Å²) < 4.78 is 5.43. The van der Waals surface area contributed by atoms with E-state index in [9.17, 15) is 0 Å². The summed E-state index contributed by atoms with van der Waals surface area (Å²) in [5.41, 5.74) is 12.0. The maximum absolute atomic E-state index is 8.83. The molecule has 0 N–H and O–H groups in total. The van der Waals surface area contributed by atoms with Gasteiger partial charge in [0.15, 0.2) is 0 Å². The molecule has 0 spiro atoms. The maximum atomic E-state index is 8.83. The van der Waals surface area contributed by atoms with Gasteiger partial charge in [0.2, 0.25) is 0 Å². The number of methoxy groups -OCH3 is 1. The molecule has 6 heteroatoms. The number of benzene rings is 2. The van der Waals surface area contributed by atoms with Crippen molar-refractivity contribution in [3.8, 4) is 5.75 Å². The quantitative estimate of drug-likeness (QED) is 0.392. The summed E-state index contributed by atoms with van der Waals surface area (Å²) >= 11 is 12.1. The third-order valence-electron chi connectivity index (χ3n) is 4.02. The van der Waals surface area contributed by atoms with E-state index in [1.165, 1.54) is 0 Å². The maximum Gasteiger partial charge on any atom is 0.122 e. The average molecular weight is 334 g/mol. The molecule has 0 saturated carbocycles. The lowest BCUT2D eigenvalue weighted by Gasteiger charge is -2.13. The van der Waals surface area contributed by atoms with E-state index in [1.807, 2.05) is 30.3 Å². The molecule has 1 aliphatic rings. The number of ether oxygens (including phenoxy) is 1. The standard InChI is InChI=1S/C16H13Cl2N3O/c1-22-15-4-2-3-10-11(8-14(16(10)15)20-21-19)9-5-6-12(17)13(18)7-9/h2-7,11,14H,8H2,1H3/t11-,14+/m0/s1. The Balaban J connectivity index is 2.13. The van der Waals surface area contributed by atoms with E-state index in [-0.39, 0.29) is 12.0 Å². The van der Waals surface area contributed by atoms with Gasteiger partial charge in [-0.2, -0.15) is 0 Å². The Morgan fingerprint density at radius 2 is 2.05 bits per heavy atom. The van der Waals surface area contributed by atoms with Crippen molar-refractivity contribution in [3.05, 3.63) is 73.6 Å². The van der Waals surface area contributed by atoms with Crippen molar-refractivity contribution in [1.82, 2.24) is 0 Å². The first-order valence-electron chi connectivity index (χ1n) is 6.81. The summed E-state index contributed by atoms with van der Waals surface area (Å²) in [6, 6.07) is 11.3. The van der Waals surface area contributed by atoms with Gasteiger partial charge in [0.1, 0.15) is 5.75 Å². The molecule has 22 heavy (non-hydrogen) atoms. The van der Waals surface area contributed by atoms with Gasteiger partial charge in [0.25, 0.3) is 0 Å². The average Bonchev–Trinajstić information content (AvgIpc) is 2.89. The second-order valence-corrected chi connectivity index (χ2v) is 5.96. The van der Waals surface area contributed by atoms with Gasteiger partial charge in [0, 0.05) is 16.4 Å². The fourth-order valence-electron chi connectivity index (χ4n) is 3.08. The van der Waals surface area contributed by atoms with Gasteiger partial charge >= 0.3 is 0 Å². The van der Waals surface area contributed by atoms with Crippen molar-refractivity contribution in [2.45, 2.75) is 18.4 Å². The summed E-state index contributed by atoms with van der Waals surface area (Å²) in [4.78, 5) is 2.97. The van der Waals surface area contributed by atoms with Crippen molar-refractivity contribution in [2.75, 3.05) is 7.11 Å². The molecule has 0 heterocycles. The zero-order valence-corrected chi connectivity index (χ0v) is 13.3. The molecule has 2 atom stereocenters. The van der Waals surface area contributed by atoms with Crippen molar-refractivity contribution in [2.24, 2.45) is 5.11 Å². The topological polar surface area (TPSA) is 58.0 Å².